The smallest absolute Gasteiger partial charge is 0.135 e. The molecule has 48 heavy (non-hydrogen) atoms. The highest BCUT2D eigenvalue weighted by atomic mass is 16.5. The van der Waals surface area contributed by atoms with Crippen molar-refractivity contribution >= 4 is 27.8 Å². The third kappa shape index (κ3) is 4.83. The summed E-state index contributed by atoms with van der Waals surface area (Å²) in [6.45, 7) is 0. The summed E-state index contributed by atoms with van der Waals surface area (Å²) in [5.74, 6) is 1.79. The molecule has 0 saturated carbocycles. The van der Waals surface area contributed by atoms with Gasteiger partial charge in [-0.05, 0) is 75.7 Å². The van der Waals surface area contributed by atoms with E-state index in [0.29, 0.717) is 0 Å². The van der Waals surface area contributed by atoms with Gasteiger partial charge in [-0.25, -0.2) is 0 Å². The first kappa shape index (κ1) is 27.9. The van der Waals surface area contributed by atoms with Crippen LogP contribution in [0.5, 0.6) is 11.5 Å². The van der Waals surface area contributed by atoms with E-state index in [0.717, 1.165) is 56.2 Å². The minimum Gasteiger partial charge on any atom is -0.456 e. The molecule has 2 heteroatoms. The van der Waals surface area contributed by atoms with E-state index in [1.165, 1.54) is 27.6 Å². The van der Waals surface area contributed by atoms with Gasteiger partial charge in [-0.2, -0.15) is 0 Å². The fourth-order valence-electron chi connectivity index (χ4n) is 7.01. The molecule has 2 nitrogen and oxygen atoms in total. The van der Waals surface area contributed by atoms with Gasteiger partial charge in [-0.15, -0.1) is 0 Å². The number of hydrogen-bond donors (Lipinski definition) is 0. The van der Waals surface area contributed by atoms with Crippen molar-refractivity contribution in [3.63, 3.8) is 0 Å². The molecule has 0 fully saturated rings. The van der Waals surface area contributed by atoms with Gasteiger partial charge < -0.3 is 9.64 Å². The summed E-state index contributed by atoms with van der Waals surface area (Å²) in [7, 11) is 0. The quantitative estimate of drug-likeness (QED) is 0.185. The monoisotopic (exact) mass is 613 g/mol. The Labute approximate surface area is 280 Å². The van der Waals surface area contributed by atoms with Crippen molar-refractivity contribution in [3.8, 4) is 56.0 Å². The largest absolute Gasteiger partial charge is 0.456 e. The van der Waals surface area contributed by atoms with Crippen molar-refractivity contribution in [2.45, 2.75) is 0 Å². The lowest BCUT2D eigenvalue weighted by atomic mass is 9.91. The van der Waals surface area contributed by atoms with Gasteiger partial charge in [0.05, 0.1) is 11.4 Å². The number of hydrogen-bond acceptors (Lipinski definition) is 2. The molecule has 8 aromatic carbocycles. The molecule has 8 aromatic rings. The molecule has 9 rings (SSSR count). The number of benzene rings is 8. The molecule has 226 valence electrons. The van der Waals surface area contributed by atoms with Gasteiger partial charge >= 0.3 is 0 Å². The molecule has 0 N–H and O–H groups in total. The van der Waals surface area contributed by atoms with Crippen molar-refractivity contribution < 1.29 is 4.74 Å². The molecule has 0 bridgehead atoms. The molecular weight excluding hydrogens is 583 g/mol. The molecule has 1 heterocycles. The lowest BCUT2D eigenvalue weighted by Gasteiger charge is -2.30. The average molecular weight is 614 g/mol. The van der Waals surface area contributed by atoms with Crippen LogP contribution < -0.4 is 9.64 Å². The van der Waals surface area contributed by atoms with E-state index in [4.69, 9.17) is 4.74 Å². The van der Waals surface area contributed by atoms with Crippen molar-refractivity contribution in [2.24, 2.45) is 0 Å². The summed E-state index contributed by atoms with van der Waals surface area (Å²) in [4.78, 5) is 2.39. The molecule has 0 spiro atoms. The highest BCUT2D eigenvalue weighted by molar-refractivity contribution is 6.05. The molecule has 0 aromatic heterocycles. The number of para-hydroxylation sites is 3. The Morgan fingerprint density at radius 1 is 0.333 bits per heavy atom. The summed E-state index contributed by atoms with van der Waals surface area (Å²) in [6.07, 6.45) is 0. The first-order valence-electron chi connectivity index (χ1n) is 16.4. The molecule has 1 aliphatic heterocycles. The highest BCUT2D eigenvalue weighted by Crippen LogP contribution is 2.49. The van der Waals surface area contributed by atoms with Crippen LogP contribution in [-0.2, 0) is 0 Å². The SMILES string of the molecule is c1ccc(-c2ccc(-c3ccccc3N(c3ccccc3)c3ccccc3-c3ccc4c(c3)-c3cccc5cccc(c35)O4)cc2)cc1. The molecule has 1 aliphatic rings. The fraction of sp³-hybridized carbons (Fsp3) is 0. The molecule has 0 radical (unpaired) electrons. The highest BCUT2D eigenvalue weighted by Gasteiger charge is 2.23. The summed E-state index contributed by atoms with van der Waals surface area (Å²) in [5, 5.41) is 2.35. The van der Waals surface area contributed by atoms with Crippen molar-refractivity contribution in [3.05, 3.63) is 188 Å². The van der Waals surface area contributed by atoms with Crippen LogP contribution in [0, 0.1) is 0 Å². The third-order valence-electron chi connectivity index (χ3n) is 9.27. The van der Waals surface area contributed by atoms with Crippen molar-refractivity contribution in [2.75, 3.05) is 4.90 Å². The van der Waals surface area contributed by atoms with Crippen LogP contribution in [0.3, 0.4) is 0 Å². The minimum absolute atomic E-state index is 0.881. The van der Waals surface area contributed by atoms with Crippen LogP contribution in [0.25, 0.3) is 55.3 Å². The molecule has 0 amide bonds. The Bertz CT molecular complexity index is 2410. The summed E-state index contributed by atoms with van der Waals surface area (Å²) in [6, 6.07) is 66.9. The van der Waals surface area contributed by atoms with Crippen molar-refractivity contribution in [1.82, 2.24) is 0 Å². The number of nitrogens with zero attached hydrogens (tertiary/aromatic N) is 1. The topological polar surface area (TPSA) is 12.5 Å². The van der Waals surface area contributed by atoms with Crippen molar-refractivity contribution in [1.29, 1.82) is 0 Å². The summed E-state index contributed by atoms with van der Waals surface area (Å²) in [5.41, 5.74) is 12.7. The first-order valence-corrected chi connectivity index (χ1v) is 16.4. The second-order valence-electron chi connectivity index (χ2n) is 12.1. The van der Waals surface area contributed by atoms with E-state index >= 15 is 0 Å². The summed E-state index contributed by atoms with van der Waals surface area (Å²) < 4.78 is 6.45. The Morgan fingerprint density at radius 3 is 1.60 bits per heavy atom. The van der Waals surface area contributed by atoms with Crippen LogP contribution in [0.15, 0.2) is 188 Å². The summed E-state index contributed by atoms with van der Waals surface area (Å²) >= 11 is 0. The predicted octanol–water partition coefficient (Wildman–Crippen LogP) is 13.1. The standard InChI is InChI=1S/C46H31NO/c1-3-13-32(14-4-1)33-25-27-34(28-26-33)38-19-7-9-22-42(38)47(37-17-5-2-6-18-37)43-23-10-8-20-39(43)36-29-30-44-41(31-36)40-21-11-15-35-16-12-24-45(48-44)46(35)40/h1-31H. The fourth-order valence-corrected chi connectivity index (χ4v) is 7.01. The maximum atomic E-state index is 6.45. The lowest BCUT2D eigenvalue weighted by Crippen LogP contribution is -2.12. The Balaban J connectivity index is 1.19. The number of ether oxygens (including phenoxy) is 1. The number of fused-ring (bicyclic) bond motifs is 2. The second kappa shape index (κ2) is 11.8. The van der Waals surface area contributed by atoms with Crippen LogP contribution in [0.1, 0.15) is 0 Å². The zero-order chi connectivity index (χ0) is 31.9. The van der Waals surface area contributed by atoms with E-state index in [-0.39, 0.29) is 0 Å². The maximum Gasteiger partial charge on any atom is 0.135 e. The second-order valence-corrected chi connectivity index (χ2v) is 12.1. The van der Waals surface area contributed by atoms with Gasteiger partial charge in [0.1, 0.15) is 11.5 Å². The van der Waals surface area contributed by atoms with Crippen LogP contribution >= 0.6 is 0 Å². The van der Waals surface area contributed by atoms with E-state index in [1.54, 1.807) is 0 Å². The predicted molar refractivity (Wildman–Crippen MR) is 200 cm³/mol. The average Bonchev–Trinajstić information content (AvgIpc) is 3.16. The lowest BCUT2D eigenvalue weighted by molar-refractivity contribution is 0.487. The van der Waals surface area contributed by atoms with Gasteiger partial charge in [-0.3, -0.25) is 0 Å². The molecular formula is C46H31NO. The van der Waals surface area contributed by atoms with Gasteiger partial charge in [0, 0.05) is 27.8 Å². The van der Waals surface area contributed by atoms with Crippen LogP contribution in [-0.4, -0.2) is 0 Å². The maximum absolute atomic E-state index is 6.45. The van der Waals surface area contributed by atoms with E-state index < -0.39 is 0 Å². The van der Waals surface area contributed by atoms with Gasteiger partial charge in [-0.1, -0.05) is 146 Å². The zero-order valence-electron chi connectivity index (χ0n) is 26.3. The Kier molecular flexibility index (Phi) is 6.84. The molecule has 0 atom stereocenters. The normalized spacial score (nSPS) is 11.5. The molecule has 0 saturated heterocycles. The van der Waals surface area contributed by atoms with Crippen LogP contribution in [0.4, 0.5) is 17.1 Å². The minimum atomic E-state index is 0.881. The molecule has 0 unspecified atom stereocenters. The van der Waals surface area contributed by atoms with E-state index in [1.807, 2.05) is 0 Å². The zero-order valence-corrected chi connectivity index (χ0v) is 26.3. The van der Waals surface area contributed by atoms with E-state index in [2.05, 4.69) is 193 Å². The van der Waals surface area contributed by atoms with E-state index in [9.17, 15) is 0 Å². The Hall–Kier alpha value is -6.38. The Morgan fingerprint density at radius 2 is 0.875 bits per heavy atom. The third-order valence-corrected chi connectivity index (χ3v) is 9.27. The molecule has 0 aliphatic carbocycles. The first-order chi connectivity index (χ1) is 23.8. The van der Waals surface area contributed by atoms with Gasteiger partial charge in [0.25, 0.3) is 0 Å². The van der Waals surface area contributed by atoms with Gasteiger partial charge in [0.15, 0.2) is 0 Å². The number of rotatable bonds is 6. The number of anilines is 3. The van der Waals surface area contributed by atoms with Crippen LogP contribution in [0.2, 0.25) is 0 Å². The van der Waals surface area contributed by atoms with Gasteiger partial charge in [0.2, 0.25) is 0 Å².